The number of esters is 1. The monoisotopic (exact) mass is 731 g/mol. The van der Waals surface area contributed by atoms with Gasteiger partial charge in [-0.15, -0.1) is 0 Å². The molecule has 0 bridgehead atoms. The maximum absolute atomic E-state index is 13.2. The molecule has 3 aromatic carbocycles. The number of hydrogen-bond acceptors (Lipinski definition) is 8. The van der Waals surface area contributed by atoms with E-state index >= 15 is 0 Å². The lowest BCUT2D eigenvalue weighted by molar-refractivity contribution is -0.134. The average Bonchev–Trinajstić information content (AvgIpc) is 3.16. The summed E-state index contributed by atoms with van der Waals surface area (Å²) in [6.45, 7) is 3.41. The molecule has 5 rings (SSSR count). The van der Waals surface area contributed by atoms with Crippen LogP contribution in [0.25, 0.3) is 0 Å². The Morgan fingerprint density at radius 2 is 1.50 bits per heavy atom. The molecule has 0 amide bonds. The zero-order valence-electron chi connectivity index (χ0n) is 31.3. The van der Waals surface area contributed by atoms with E-state index in [2.05, 4.69) is 24.0 Å². The normalized spacial score (nSPS) is 17.2. The van der Waals surface area contributed by atoms with E-state index in [9.17, 15) is 14.1 Å². The molecule has 0 fully saturated rings. The minimum Gasteiger partial charge on any atom is -0.493 e. The second-order valence-electron chi connectivity index (χ2n) is 13.9. The molecule has 1 N–H and O–H groups in total. The molecule has 9 heteroatoms. The molecule has 3 aromatic rings. The summed E-state index contributed by atoms with van der Waals surface area (Å²) in [5, 5.41) is 11.9. The lowest BCUT2D eigenvalue weighted by Crippen LogP contribution is -2.42. The molecule has 2 aliphatic heterocycles. The van der Waals surface area contributed by atoms with Crippen molar-refractivity contribution in [1.29, 1.82) is 0 Å². The Hall–Kier alpha value is -3.66. The van der Waals surface area contributed by atoms with Gasteiger partial charge in [0.2, 0.25) is 11.1 Å². The lowest BCUT2D eigenvalue weighted by atomic mass is 9.81. The second kappa shape index (κ2) is 20.5. The first-order valence-electron chi connectivity index (χ1n) is 19.3. The standard InChI is InChI=1S/C43H57NO7S/c1-4-5-6-7-8-9-10-11-12-13-14-15-16-17-21-24-40(45)50-39-30-35-32(29-38(39)49-3)27-28-44-31-36-34(42(46)41(35)44)25-26-37(48-2)43(36)51-52(47)33-22-19-18-20-23-33/h11-12,18-20,22-23,25-26,29-30,41-42,46H,4-10,13-17,21,24,27-28,31H2,1-3H3/b12-11+. The fourth-order valence-corrected chi connectivity index (χ4v) is 8.16. The number of aliphatic hydroxyl groups excluding tert-OH is 1. The second-order valence-corrected chi connectivity index (χ2v) is 15.0. The Bertz CT molecular complexity index is 1640. The third kappa shape index (κ3) is 10.5. The number of aliphatic hydroxyl groups is 1. The molecule has 0 saturated carbocycles. The fourth-order valence-electron chi connectivity index (χ4n) is 7.35. The van der Waals surface area contributed by atoms with Crippen LogP contribution >= 0.6 is 0 Å². The number of carbonyl (C=O) groups excluding carboxylic acids is 1. The van der Waals surface area contributed by atoms with Crippen molar-refractivity contribution in [2.45, 2.75) is 127 Å². The predicted molar refractivity (Wildman–Crippen MR) is 206 cm³/mol. The van der Waals surface area contributed by atoms with E-state index in [0.29, 0.717) is 53.0 Å². The van der Waals surface area contributed by atoms with E-state index in [-0.39, 0.29) is 12.0 Å². The third-order valence-corrected chi connectivity index (χ3v) is 11.2. The van der Waals surface area contributed by atoms with Gasteiger partial charge in [-0.25, -0.2) is 4.21 Å². The maximum Gasteiger partial charge on any atom is 0.311 e. The van der Waals surface area contributed by atoms with Gasteiger partial charge in [-0.2, -0.15) is 0 Å². The summed E-state index contributed by atoms with van der Waals surface area (Å²) >= 11 is -1.77. The van der Waals surface area contributed by atoms with E-state index in [1.165, 1.54) is 57.8 Å². The highest BCUT2D eigenvalue weighted by atomic mass is 32.2. The van der Waals surface area contributed by atoms with Crippen molar-refractivity contribution in [3.05, 3.63) is 89.0 Å². The van der Waals surface area contributed by atoms with Crippen LogP contribution in [-0.2, 0) is 28.8 Å². The summed E-state index contributed by atoms with van der Waals surface area (Å²) in [6.07, 6.45) is 20.5. The molecule has 282 valence electrons. The van der Waals surface area contributed by atoms with Gasteiger partial charge in [-0.3, -0.25) is 9.69 Å². The lowest BCUT2D eigenvalue weighted by Gasteiger charge is -2.44. The predicted octanol–water partition coefficient (Wildman–Crippen LogP) is 9.89. The van der Waals surface area contributed by atoms with Crippen molar-refractivity contribution in [1.82, 2.24) is 4.90 Å². The van der Waals surface area contributed by atoms with Gasteiger partial charge in [0.05, 0.1) is 31.3 Å². The Morgan fingerprint density at radius 3 is 2.19 bits per heavy atom. The fraction of sp³-hybridized carbons (Fsp3) is 0.512. The highest BCUT2D eigenvalue weighted by Gasteiger charge is 2.41. The Balaban J connectivity index is 1.15. The Kier molecular flexibility index (Phi) is 15.6. The summed E-state index contributed by atoms with van der Waals surface area (Å²) in [6, 6.07) is 16.0. The molecule has 0 saturated heterocycles. The van der Waals surface area contributed by atoms with Gasteiger partial charge < -0.3 is 23.5 Å². The van der Waals surface area contributed by atoms with Crippen LogP contribution in [0.2, 0.25) is 0 Å². The highest BCUT2D eigenvalue weighted by molar-refractivity contribution is 7.80. The molecular weight excluding hydrogens is 675 g/mol. The summed E-state index contributed by atoms with van der Waals surface area (Å²) in [5.41, 5.74) is 3.39. The Morgan fingerprint density at radius 1 is 0.827 bits per heavy atom. The highest BCUT2D eigenvalue weighted by Crippen LogP contribution is 2.50. The molecule has 0 radical (unpaired) electrons. The van der Waals surface area contributed by atoms with Crippen LogP contribution < -0.4 is 18.4 Å². The van der Waals surface area contributed by atoms with E-state index in [4.69, 9.17) is 18.4 Å². The minimum atomic E-state index is -1.77. The zero-order chi connectivity index (χ0) is 36.7. The van der Waals surface area contributed by atoms with E-state index in [1.807, 2.05) is 36.4 Å². The largest absolute Gasteiger partial charge is 0.493 e. The van der Waals surface area contributed by atoms with E-state index in [1.54, 1.807) is 32.4 Å². The molecule has 8 nitrogen and oxygen atoms in total. The average molecular weight is 732 g/mol. The number of rotatable bonds is 21. The molecule has 0 aromatic heterocycles. The first-order valence-corrected chi connectivity index (χ1v) is 20.4. The van der Waals surface area contributed by atoms with Crippen molar-refractivity contribution >= 4 is 17.0 Å². The van der Waals surface area contributed by atoms with Gasteiger partial charge in [0, 0.05) is 25.1 Å². The molecule has 3 atom stereocenters. The summed E-state index contributed by atoms with van der Waals surface area (Å²) in [7, 11) is 3.13. The molecular formula is C43H57NO7S. The SMILES string of the molecule is CCCCCCCC/C=C/CCCCCCCC(=O)Oc1cc2c(cc1OC)CCN1Cc3c(ccc(OC)c3OS(=O)c3ccccc3)C(O)C21. The smallest absolute Gasteiger partial charge is 0.311 e. The third-order valence-electron chi connectivity index (χ3n) is 10.2. The first-order chi connectivity index (χ1) is 25.4. The molecule has 2 aliphatic rings. The summed E-state index contributed by atoms with van der Waals surface area (Å²) in [5.74, 6) is 1.43. The molecule has 52 heavy (non-hydrogen) atoms. The van der Waals surface area contributed by atoms with Crippen LogP contribution in [0.3, 0.4) is 0 Å². The van der Waals surface area contributed by atoms with Crippen LogP contribution in [0, 0.1) is 0 Å². The minimum absolute atomic E-state index is 0.279. The van der Waals surface area contributed by atoms with Gasteiger partial charge in [0.25, 0.3) is 0 Å². The maximum atomic E-state index is 13.2. The molecule has 3 unspecified atom stereocenters. The Labute approximate surface area is 313 Å². The summed E-state index contributed by atoms with van der Waals surface area (Å²) < 4.78 is 36.4. The van der Waals surface area contributed by atoms with Crippen LogP contribution in [0.15, 0.2) is 71.6 Å². The molecule has 2 heterocycles. The van der Waals surface area contributed by atoms with Crippen molar-refractivity contribution in [2.24, 2.45) is 0 Å². The number of unbranched alkanes of at least 4 members (excludes halogenated alkanes) is 11. The first kappa shape index (κ1) is 39.5. The number of carbonyl (C=O) groups is 1. The van der Waals surface area contributed by atoms with Gasteiger partial charge in [0.1, 0.15) is 0 Å². The summed E-state index contributed by atoms with van der Waals surface area (Å²) in [4.78, 5) is 15.7. The van der Waals surface area contributed by atoms with Gasteiger partial charge in [-0.1, -0.05) is 94.7 Å². The van der Waals surface area contributed by atoms with Crippen LogP contribution in [0.4, 0.5) is 0 Å². The number of allylic oxidation sites excluding steroid dienone is 2. The van der Waals surface area contributed by atoms with Crippen molar-refractivity contribution in [3.63, 3.8) is 0 Å². The van der Waals surface area contributed by atoms with Crippen molar-refractivity contribution in [3.8, 4) is 23.0 Å². The topological polar surface area (TPSA) is 94.5 Å². The quantitative estimate of drug-likeness (QED) is 0.0501. The number of nitrogens with zero attached hydrogens (tertiary/aromatic N) is 1. The molecule has 0 aliphatic carbocycles. The van der Waals surface area contributed by atoms with Gasteiger partial charge >= 0.3 is 5.97 Å². The number of methoxy groups -OCH3 is 2. The van der Waals surface area contributed by atoms with E-state index < -0.39 is 17.2 Å². The number of benzene rings is 3. The van der Waals surface area contributed by atoms with Gasteiger partial charge in [0.15, 0.2) is 23.0 Å². The van der Waals surface area contributed by atoms with Crippen molar-refractivity contribution in [2.75, 3.05) is 20.8 Å². The molecule has 0 spiro atoms. The van der Waals surface area contributed by atoms with E-state index in [0.717, 1.165) is 48.8 Å². The zero-order valence-corrected chi connectivity index (χ0v) is 32.1. The van der Waals surface area contributed by atoms with Crippen LogP contribution in [-0.4, -0.2) is 40.9 Å². The number of hydrogen-bond donors (Lipinski definition) is 1. The van der Waals surface area contributed by atoms with Crippen LogP contribution in [0.1, 0.15) is 131 Å². The number of ether oxygens (including phenoxy) is 3. The van der Waals surface area contributed by atoms with Crippen molar-refractivity contribution < 1.29 is 32.5 Å². The van der Waals surface area contributed by atoms with Crippen LogP contribution in [0.5, 0.6) is 23.0 Å². The number of fused-ring (bicyclic) bond motifs is 4. The van der Waals surface area contributed by atoms with Gasteiger partial charge in [-0.05, 0) is 85.5 Å².